The van der Waals surface area contributed by atoms with E-state index < -0.39 is 6.10 Å². The summed E-state index contributed by atoms with van der Waals surface area (Å²) in [6, 6.07) is 5.68. The third-order valence-corrected chi connectivity index (χ3v) is 3.00. The van der Waals surface area contributed by atoms with E-state index in [2.05, 4.69) is 4.98 Å². The number of hydrogen-bond acceptors (Lipinski definition) is 5. The second kappa shape index (κ2) is 5.94. The number of nitrogens with zero attached hydrogens (tertiary/aromatic N) is 2. The fraction of sp³-hybridized carbons (Fsp3) is 0.357. The van der Waals surface area contributed by atoms with Crippen molar-refractivity contribution in [2.24, 2.45) is 0 Å². The third kappa shape index (κ3) is 3.09. The van der Waals surface area contributed by atoms with Crippen LogP contribution in [0.5, 0.6) is 11.5 Å². The summed E-state index contributed by atoms with van der Waals surface area (Å²) in [4.78, 5) is 3.92. The van der Waals surface area contributed by atoms with Gasteiger partial charge in [0.2, 0.25) is 6.79 Å². The van der Waals surface area contributed by atoms with Gasteiger partial charge in [0.25, 0.3) is 0 Å². The molecule has 20 heavy (non-hydrogen) atoms. The van der Waals surface area contributed by atoms with Crippen LogP contribution in [0.2, 0.25) is 0 Å². The van der Waals surface area contributed by atoms with Crippen molar-refractivity contribution in [2.75, 3.05) is 13.4 Å². The number of aromatic nitrogens is 2. The zero-order valence-corrected chi connectivity index (χ0v) is 10.9. The predicted molar refractivity (Wildman–Crippen MR) is 70.5 cm³/mol. The lowest BCUT2D eigenvalue weighted by molar-refractivity contribution is 0.0203. The van der Waals surface area contributed by atoms with E-state index in [0.717, 1.165) is 17.1 Å². The monoisotopic (exact) mass is 276 g/mol. The maximum Gasteiger partial charge on any atom is 0.231 e. The summed E-state index contributed by atoms with van der Waals surface area (Å²) in [5.41, 5.74) is 0.990. The molecule has 0 saturated carbocycles. The second-order valence-corrected chi connectivity index (χ2v) is 4.62. The van der Waals surface area contributed by atoms with Crippen molar-refractivity contribution in [1.29, 1.82) is 0 Å². The lowest BCUT2D eigenvalue weighted by Crippen LogP contribution is -2.21. The van der Waals surface area contributed by atoms with Gasteiger partial charge in [-0.3, -0.25) is 0 Å². The number of fused-ring (bicyclic) bond motifs is 1. The van der Waals surface area contributed by atoms with Gasteiger partial charge in [-0.05, 0) is 17.7 Å². The number of benzene rings is 1. The smallest absolute Gasteiger partial charge is 0.231 e. The lowest BCUT2D eigenvalue weighted by Gasteiger charge is -2.12. The van der Waals surface area contributed by atoms with Crippen LogP contribution >= 0.6 is 0 Å². The van der Waals surface area contributed by atoms with Crippen molar-refractivity contribution in [1.82, 2.24) is 9.55 Å². The molecule has 0 fully saturated rings. The van der Waals surface area contributed by atoms with Crippen molar-refractivity contribution < 1.29 is 19.3 Å². The number of ether oxygens (including phenoxy) is 3. The molecule has 1 aliphatic rings. The van der Waals surface area contributed by atoms with Crippen LogP contribution in [0.25, 0.3) is 0 Å². The SMILES string of the molecule is OC(COCc1ccc2c(c1)OCO2)Cn1ccnc1. The standard InChI is InChI=1S/C14H16N2O4/c17-12(6-16-4-3-15-9-16)8-18-7-11-1-2-13-14(5-11)20-10-19-13/h1-5,9,12,17H,6-8,10H2. The van der Waals surface area contributed by atoms with Crippen LogP contribution < -0.4 is 9.47 Å². The molecule has 2 aromatic rings. The molecule has 0 saturated heterocycles. The molecule has 1 atom stereocenters. The number of hydrogen-bond donors (Lipinski definition) is 1. The Bertz CT molecular complexity index is 556. The molecule has 2 heterocycles. The van der Waals surface area contributed by atoms with Crippen molar-refractivity contribution in [3.8, 4) is 11.5 Å². The van der Waals surface area contributed by atoms with Gasteiger partial charge < -0.3 is 23.9 Å². The van der Waals surface area contributed by atoms with Gasteiger partial charge in [0.1, 0.15) is 0 Å². The number of rotatable bonds is 6. The highest BCUT2D eigenvalue weighted by molar-refractivity contribution is 5.44. The minimum absolute atomic E-state index is 0.267. The molecule has 1 unspecified atom stereocenters. The van der Waals surface area contributed by atoms with Crippen LogP contribution in [0.4, 0.5) is 0 Å². The van der Waals surface area contributed by atoms with E-state index in [1.54, 1.807) is 18.7 Å². The van der Waals surface area contributed by atoms with Crippen LogP contribution in [-0.2, 0) is 17.9 Å². The van der Waals surface area contributed by atoms with E-state index in [4.69, 9.17) is 14.2 Å². The van der Waals surface area contributed by atoms with Crippen molar-refractivity contribution >= 4 is 0 Å². The Hall–Kier alpha value is -2.05. The van der Waals surface area contributed by atoms with Crippen LogP contribution in [0.15, 0.2) is 36.9 Å². The molecule has 1 aromatic heterocycles. The van der Waals surface area contributed by atoms with Gasteiger partial charge in [-0.1, -0.05) is 6.07 Å². The molecule has 3 rings (SSSR count). The van der Waals surface area contributed by atoms with E-state index in [1.165, 1.54) is 0 Å². The molecule has 0 spiro atoms. The molecule has 6 nitrogen and oxygen atoms in total. The zero-order chi connectivity index (χ0) is 13.8. The molecule has 106 valence electrons. The molecule has 0 bridgehead atoms. The topological polar surface area (TPSA) is 65.7 Å². The number of aliphatic hydroxyl groups excluding tert-OH is 1. The molecule has 0 aliphatic carbocycles. The molecule has 0 radical (unpaired) electrons. The number of imidazole rings is 1. The summed E-state index contributed by atoms with van der Waals surface area (Å²) < 4.78 is 17.9. The summed E-state index contributed by atoms with van der Waals surface area (Å²) in [5, 5.41) is 9.84. The van der Waals surface area contributed by atoms with Crippen LogP contribution in [0, 0.1) is 0 Å². The summed E-state index contributed by atoms with van der Waals surface area (Å²) in [7, 11) is 0. The third-order valence-electron chi connectivity index (χ3n) is 3.00. The van der Waals surface area contributed by atoms with Crippen molar-refractivity contribution in [3.05, 3.63) is 42.5 Å². The Morgan fingerprint density at radius 1 is 1.35 bits per heavy atom. The van der Waals surface area contributed by atoms with Gasteiger partial charge in [-0.25, -0.2) is 4.98 Å². The van der Waals surface area contributed by atoms with E-state index >= 15 is 0 Å². The van der Waals surface area contributed by atoms with E-state index in [0.29, 0.717) is 13.2 Å². The van der Waals surface area contributed by atoms with Crippen molar-refractivity contribution in [3.63, 3.8) is 0 Å². The first-order valence-electron chi connectivity index (χ1n) is 6.41. The Labute approximate surface area is 116 Å². The fourth-order valence-electron chi connectivity index (χ4n) is 2.03. The van der Waals surface area contributed by atoms with Gasteiger partial charge in [0.15, 0.2) is 11.5 Å². The van der Waals surface area contributed by atoms with Gasteiger partial charge in [0, 0.05) is 12.4 Å². The van der Waals surface area contributed by atoms with E-state index in [-0.39, 0.29) is 13.4 Å². The fourth-order valence-corrected chi connectivity index (χ4v) is 2.03. The van der Waals surface area contributed by atoms with Gasteiger partial charge in [0.05, 0.1) is 32.2 Å². The normalized spacial score (nSPS) is 14.4. The quantitative estimate of drug-likeness (QED) is 0.858. The Morgan fingerprint density at radius 3 is 3.10 bits per heavy atom. The summed E-state index contributed by atoms with van der Waals surface area (Å²) in [6.45, 7) is 1.44. The first-order chi connectivity index (χ1) is 9.81. The predicted octanol–water partition coefficient (Wildman–Crippen LogP) is 1.19. The average Bonchev–Trinajstić information content (AvgIpc) is 3.09. The minimum atomic E-state index is -0.557. The lowest BCUT2D eigenvalue weighted by atomic mass is 10.2. The maximum absolute atomic E-state index is 9.84. The summed E-state index contributed by atoms with van der Waals surface area (Å²) >= 11 is 0. The first-order valence-corrected chi connectivity index (χ1v) is 6.41. The largest absolute Gasteiger partial charge is 0.454 e. The van der Waals surface area contributed by atoms with Crippen LogP contribution in [0.1, 0.15) is 5.56 Å². The molecule has 1 aliphatic heterocycles. The molecular formula is C14H16N2O4. The highest BCUT2D eigenvalue weighted by atomic mass is 16.7. The molecule has 6 heteroatoms. The highest BCUT2D eigenvalue weighted by Crippen LogP contribution is 2.32. The van der Waals surface area contributed by atoms with Crippen LogP contribution in [-0.4, -0.2) is 34.2 Å². The summed E-state index contributed by atoms with van der Waals surface area (Å²) in [5.74, 6) is 1.50. The minimum Gasteiger partial charge on any atom is -0.454 e. The average molecular weight is 276 g/mol. The van der Waals surface area contributed by atoms with E-state index in [9.17, 15) is 5.11 Å². The molecular weight excluding hydrogens is 260 g/mol. The molecule has 1 aromatic carbocycles. The van der Waals surface area contributed by atoms with Crippen molar-refractivity contribution in [2.45, 2.75) is 19.3 Å². The first kappa shape index (κ1) is 13.0. The Balaban J connectivity index is 1.45. The molecule has 1 N–H and O–H groups in total. The molecule has 0 amide bonds. The van der Waals surface area contributed by atoms with Gasteiger partial charge >= 0.3 is 0 Å². The highest BCUT2D eigenvalue weighted by Gasteiger charge is 2.13. The maximum atomic E-state index is 9.84. The number of aliphatic hydroxyl groups is 1. The van der Waals surface area contributed by atoms with Crippen LogP contribution in [0.3, 0.4) is 0 Å². The summed E-state index contributed by atoms with van der Waals surface area (Å²) in [6.07, 6.45) is 4.60. The zero-order valence-electron chi connectivity index (χ0n) is 10.9. The van der Waals surface area contributed by atoms with E-state index in [1.807, 2.05) is 22.8 Å². The van der Waals surface area contributed by atoms with Gasteiger partial charge in [-0.15, -0.1) is 0 Å². The Kier molecular flexibility index (Phi) is 3.85. The second-order valence-electron chi connectivity index (χ2n) is 4.62. The Morgan fingerprint density at radius 2 is 2.25 bits per heavy atom. The van der Waals surface area contributed by atoms with Gasteiger partial charge in [-0.2, -0.15) is 0 Å².